The second kappa shape index (κ2) is 10.4. The van der Waals surface area contributed by atoms with Gasteiger partial charge >= 0.3 is 5.97 Å². The van der Waals surface area contributed by atoms with Crippen molar-refractivity contribution in [2.75, 3.05) is 18.6 Å². The number of carbonyl (C=O) groups is 3. The maximum absolute atomic E-state index is 12.9. The van der Waals surface area contributed by atoms with Crippen LogP contribution in [0.4, 0.5) is 0 Å². The predicted molar refractivity (Wildman–Crippen MR) is 124 cm³/mol. The molecule has 16 heteroatoms. The zero-order valence-corrected chi connectivity index (χ0v) is 20.1. The van der Waals surface area contributed by atoms with E-state index in [2.05, 4.69) is 37.6 Å². The van der Waals surface area contributed by atoms with Gasteiger partial charge in [0.05, 0.1) is 12.1 Å². The van der Waals surface area contributed by atoms with Crippen molar-refractivity contribution in [2.45, 2.75) is 23.1 Å². The summed E-state index contributed by atoms with van der Waals surface area (Å²) in [6.45, 7) is 4.07. The number of allylic oxidation sites excluding steroid dienone is 1. The highest BCUT2D eigenvalue weighted by Gasteiger charge is 2.54. The molecule has 0 radical (unpaired) electrons. The van der Waals surface area contributed by atoms with Crippen LogP contribution in [-0.4, -0.2) is 88.7 Å². The highest BCUT2D eigenvalue weighted by molar-refractivity contribution is 8.01. The summed E-state index contributed by atoms with van der Waals surface area (Å²) in [7, 11) is 1.30. The summed E-state index contributed by atoms with van der Waals surface area (Å²) in [6, 6.07) is -0.901. The van der Waals surface area contributed by atoms with Gasteiger partial charge in [0, 0.05) is 16.9 Å². The molecule has 4 heterocycles. The molecule has 1 saturated heterocycles. The molecule has 0 aromatic carbocycles. The van der Waals surface area contributed by atoms with Crippen molar-refractivity contribution in [1.82, 2.24) is 35.4 Å². The molecule has 2 aliphatic heterocycles. The number of aliphatic carboxylic acids is 1. The Balaban J connectivity index is 1.48. The van der Waals surface area contributed by atoms with Gasteiger partial charge in [0.2, 0.25) is 5.16 Å². The fourth-order valence-corrected chi connectivity index (χ4v) is 6.23. The largest absolute Gasteiger partial charge is 0.477 e. The van der Waals surface area contributed by atoms with Crippen LogP contribution in [0.25, 0.3) is 0 Å². The van der Waals surface area contributed by atoms with E-state index in [0.29, 0.717) is 28.7 Å². The fraction of sp³-hybridized carbons (Fsp3) is 0.333. The quantitative estimate of drug-likeness (QED) is 0.144. The van der Waals surface area contributed by atoms with Crippen molar-refractivity contribution in [3.63, 3.8) is 0 Å². The molecule has 178 valence electrons. The Bertz CT molecular complexity index is 1180. The zero-order valence-electron chi connectivity index (χ0n) is 17.7. The first kappa shape index (κ1) is 23.9. The van der Waals surface area contributed by atoms with Crippen LogP contribution in [0.5, 0.6) is 0 Å². The first-order chi connectivity index (χ1) is 16.5. The van der Waals surface area contributed by atoms with Crippen molar-refractivity contribution < 1.29 is 24.3 Å². The Morgan fingerprint density at radius 2 is 2.32 bits per heavy atom. The number of rotatable bonds is 10. The van der Waals surface area contributed by atoms with Gasteiger partial charge in [-0.3, -0.25) is 14.5 Å². The topological polar surface area (TPSA) is 165 Å². The molecule has 0 spiro atoms. The van der Waals surface area contributed by atoms with Gasteiger partial charge in [-0.25, -0.2) is 14.5 Å². The number of thiazole rings is 1. The Morgan fingerprint density at radius 3 is 3.00 bits per heavy atom. The number of nitrogens with zero attached hydrogens (tertiary/aromatic N) is 7. The van der Waals surface area contributed by atoms with E-state index in [1.165, 1.54) is 46.9 Å². The Kier molecular flexibility index (Phi) is 7.28. The van der Waals surface area contributed by atoms with Gasteiger partial charge in [0.25, 0.3) is 11.8 Å². The van der Waals surface area contributed by atoms with Crippen molar-refractivity contribution in [3.05, 3.63) is 40.5 Å². The van der Waals surface area contributed by atoms with Gasteiger partial charge in [0.15, 0.2) is 5.71 Å². The number of oxime groups is 1. The Labute approximate surface area is 205 Å². The van der Waals surface area contributed by atoms with Gasteiger partial charge in [-0.05, 0) is 16.0 Å². The third kappa shape index (κ3) is 4.55. The number of hydrogen-bond donors (Lipinski definition) is 2. The van der Waals surface area contributed by atoms with E-state index in [1.54, 1.807) is 21.6 Å². The number of carboxylic acid groups (broad SMARTS) is 1. The molecule has 34 heavy (non-hydrogen) atoms. The van der Waals surface area contributed by atoms with Crippen molar-refractivity contribution >= 4 is 58.4 Å². The number of hydrogen-bond acceptors (Lipinski definition) is 12. The number of fused-ring (bicyclic) bond motifs is 1. The molecule has 4 rings (SSSR count). The number of aromatic nitrogens is 5. The summed E-state index contributed by atoms with van der Waals surface area (Å²) in [5, 5.41) is 29.2. The van der Waals surface area contributed by atoms with Crippen LogP contribution in [0.1, 0.15) is 5.69 Å². The molecule has 2 atom stereocenters. The molecule has 2 amide bonds. The summed E-state index contributed by atoms with van der Waals surface area (Å²) in [4.78, 5) is 47.7. The number of carbonyl (C=O) groups excluding carboxylic acids is 2. The van der Waals surface area contributed by atoms with E-state index in [-0.39, 0.29) is 17.2 Å². The Morgan fingerprint density at radius 1 is 1.50 bits per heavy atom. The lowest BCUT2D eigenvalue weighted by Gasteiger charge is -2.49. The van der Waals surface area contributed by atoms with Gasteiger partial charge < -0.3 is 15.3 Å². The highest BCUT2D eigenvalue weighted by atomic mass is 32.2. The number of amides is 2. The third-order valence-corrected chi connectivity index (χ3v) is 7.76. The fourth-order valence-electron chi connectivity index (χ4n) is 3.32. The molecule has 0 aliphatic carbocycles. The molecule has 2 aliphatic rings. The van der Waals surface area contributed by atoms with Crippen LogP contribution in [0.2, 0.25) is 0 Å². The zero-order chi connectivity index (χ0) is 24.2. The summed E-state index contributed by atoms with van der Waals surface area (Å²) >= 11 is 3.92. The van der Waals surface area contributed by atoms with Crippen molar-refractivity contribution in [3.8, 4) is 0 Å². The number of tetrazole rings is 1. The predicted octanol–water partition coefficient (Wildman–Crippen LogP) is 0.197. The molecule has 0 saturated carbocycles. The second-order valence-corrected chi connectivity index (χ2v) is 9.60. The smallest absolute Gasteiger partial charge is 0.352 e. The minimum absolute atomic E-state index is 0.0702. The van der Waals surface area contributed by atoms with Crippen LogP contribution in [0.3, 0.4) is 0 Å². The van der Waals surface area contributed by atoms with Crippen molar-refractivity contribution in [2.24, 2.45) is 5.16 Å². The summed E-state index contributed by atoms with van der Waals surface area (Å²) in [5.41, 5.74) is 2.27. The lowest BCUT2D eigenvalue weighted by Crippen LogP contribution is -2.71. The monoisotopic (exact) mass is 522 g/mol. The molecule has 1 fully saturated rings. The van der Waals surface area contributed by atoms with Crippen LogP contribution in [0, 0.1) is 0 Å². The standard InChI is InChI=1S/C18H18N8O5S3/c1-3-4-25-18(21-23-24-25)34-6-9-5-33-16-12(15(28)26(16)13(9)17(29)30)20-14(27)11(22-31-2)10-7-32-8-19-10/h3,7-8,12,16H,1,4-6H2,2H3,(H,20,27)(H,29,30)/b22-11+/t12?,16-/m1/s1. The first-order valence-electron chi connectivity index (χ1n) is 9.66. The van der Waals surface area contributed by atoms with E-state index in [9.17, 15) is 19.5 Å². The SMILES string of the molecule is C=CCn1nnnc1SCC1=C(C(=O)O)N2C(=O)C(NC(=O)/C(=N/OC)c3cscn3)[C@H]2SC1. The minimum Gasteiger partial charge on any atom is -0.477 e. The number of β-lactam (4-membered cyclic amide) rings is 1. The second-order valence-electron chi connectivity index (χ2n) is 6.84. The van der Waals surface area contributed by atoms with Gasteiger partial charge in [-0.15, -0.1) is 34.8 Å². The number of nitrogens with one attached hydrogen (secondary N) is 1. The normalized spacial score (nSPS) is 20.0. The molecule has 2 aromatic heterocycles. The van der Waals surface area contributed by atoms with E-state index < -0.39 is 29.2 Å². The average molecular weight is 523 g/mol. The Hall–Kier alpha value is -3.24. The van der Waals surface area contributed by atoms with Crippen molar-refractivity contribution in [1.29, 1.82) is 0 Å². The molecule has 2 N–H and O–H groups in total. The number of thioether (sulfide) groups is 2. The van der Waals surface area contributed by atoms with Crippen LogP contribution < -0.4 is 5.32 Å². The van der Waals surface area contributed by atoms with E-state index >= 15 is 0 Å². The lowest BCUT2D eigenvalue weighted by atomic mass is 10.0. The average Bonchev–Trinajstić information content (AvgIpc) is 3.51. The minimum atomic E-state index is -1.21. The summed E-state index contributed by atoms with van der Waals surface area (Å²) < 4.78 is 1.54. The highest BCUT2D eigenvalue weighted by Crippen LogP contribution is 2.41. The van der Waals surface area contributed by atoms with Crippen LogP contribution in [-0.2, 0) is 25.8 Å². The molecule has 13 nitrogen and oxygen atoms in total. The molecule has 2 aromatic rings. The summed E-state index contributed by atoms with van der Waals surface area (Å²) in [5.74, 6) is -1.72. The van der Waals surface area contributed by atoms with Gasteiger partial charge in [-0.1, -0.05) is 23.0 Å². The molecule has 0 bridgehead atoms. The van der Waals surface area contributed by atoms with Crippen LogP contribution >= 0.6 is 34.9 Å². The first-order valence-corrected chi connectivity index (χ1v) is 12.6. The molecular weight excluding hydrogens is 504 g/mol. The van der Waals surface area contributed by atoms with Gasteiger partial charge in [0.1, 0.15) is 29.9 Å². The lowest BCUT2D eigenvalue weighted by molar-refractivity contribution is -0.150. The van der Waals surface area contributed by atoms with Gasteiger partial charge in [-0.2, -0.15) is 0 Å². The maximum Gasteiger partial charge on any atom is 0.352 e. The molecule has 1 unspecified atom stereocenters. The van der Waals surface area contributed by atoms with Crippen LogP contribution in [0.15, 0.2) is 45.1 Å². The third-order valence-electron chi connectivity index (χ3n) is 4.79. The molecular formula is C18H18N8O5S3. The number of carboxylic acids is 1. The van der Waals surface area contributed by atoms with E-state index in [1.807, 2.05) is 0 Å². The maximum atomic E-state index is 12.9. The van der Waals surface area contributed by atoms with E-state index in [0.717, 1.165) is 0 Å². The summed E-state index contributed by atoms with van der Waals surface area (Å²) in [6.07, 6.45) is 1.65. The van der Waals surface area contributed by atoms with E-state index in [4.69, 9.17) is 4.84 Å².